The minimum absolute atomic E-state index is 0.290. The number of ether oxygens (including phenoxy) is 1. The largest absolute Gasteiger partial charge is 0.494 e. The molecule has 0 spiro atoms. The Morgan fingerprint density at radius 2 is 1.86 bits per heavy atom. The summed E-state index contributed by atoms with van der Waals surface area (Å²) in [6.45, 7) is 5.21. The van der Waals surface area contributed by atoms with Gasteiger partial charge in [0, 0.05) is 19.5 Å². The molecule has 0 fully saturated rings. The Labute approximate surface area is 133 Å². The summed E-state index contributed by atoms with van der Waals surface area (Å²) in [6, 6.07) is 6.52. The molecule has 1 rings (SSSR count). The molecular formula is C15H24ClNO3S. The number of sulfonamides is 1. The van der Waals surface area contributed by atoms with E-state index in [-0.39, 0.29) is 0 Å². The van der Waals surface area contributed by atoms with Gasteiger partial charge >= 0.3 is 0 Å². The molecule has 0 aliphatic heterocycles. The molecule has 0 amide bonds. The number of benzene rings is 1. The lowest BCUT2D eigenvalue weighted by Gasteiger charge is -2.18. The van der Waals surface area contributed by atoms with Crippen LogP contribution < -0.4 is 4.74 Å². The van der Waals surface area contributed by atoms with E-state index in [4.69, 9.17) is 16.3 Å². The van der Waals surface area contributed by atoms with Crippen molar-refractivity contribution >= 4 is 21.6 Å². The van der Waals surface area contributed by atoms with E-state index in [1.165, 1.54) is 4.31 Å². The molecule has 0 unspecified atom stereocenters. The summed E-state index contributed by atoms with van der Waals surface area (Å²) in [7, 11) is -1.81. The summed E-state index contributed by atoms with van der Waals surface area (Å²) in [6.07, 6.45) is 1.61. The van der Waals surface area contributed by atoms with Gasteiger partial charge in [-0.2, -0.15) is 0 Å². The van der Waals surface area contributed by atoms with Crippen molar-refractivity contribution in [3.05, 3.63) is 24.3 Å². The van der Waals surface area contributed by atoms with E-state index in [0.717, 1.165) is 12.8 Å². The molecule has 21 heavy (non-hydrogen) atoms. The first-order chi connectivity index (χ1) is 9.87. The van der Waals surface area contributed by atoms with Crippen molar-refractivity contribution in [1.29, 1.82) is 0 Å². The highest BCUT2D eigenvalue weighted by atomic mass is 35.5. The van der Waals surface area contributed by atoms with Crippen LogP contribution in [0.2, 0.25) is 0 Å². The minimum atomic E-state index is -3.42. The zero-order valence-corrected chi connectivity index (χ0v) is 14.5. The van der Waals surface area contributed by atoms with Gasteiger partial charge in [-0.05, 0) is 43.0 Å². The third-order valence-electron chi connectivity index (χ3n) is 3.10. The van der Waals surface area contributed by atoms with Gasteiger partial charge in [0.25, 0.3) is 0 Å². The predicted octanol–water partition coefficient (Wildman–Crippen LogP) is 3.36. The average molecular weight is 334 g/mol. The fourth-order valence-corrected chi connectivity index (χ4v) is 2.99. The van der Waals surface area contributed by atoms with Gasteiger partial charge in [-0.3, -0.25) is 0 Å². The maximum Gasteiger partial charge on any atom is 0.242 e. The smallest absolute Gasteiger partial charge is 0.242 e. The molecule has 0 atom stereocenters. The topological polar surface area (TPSA) is 46.6 Å². The van der Waals surface area contributed by atoms with Crippen LogP contribution in [0.1, 0.15) is 26.7 Å². The summed E-state index contributed by atoms with van der Waals surface area (Å²) < 4.78 is 31.6. The second-order valence-electron chi connectivity index (χ2n) is 5.37. The fourth-order valence-electron chi connectivity index (χ4n) is 1.69. The average Bonchev–Trinajstić information content (AvgIpc) is 2.45. The zero-order chi connectivity index (χ0) is 15.9. The molecule has 4 nitrogen and oxygen atoms in total. The van der Waals surface area contributed by atoms with Crippen molar-refractivity contribution < 1.29 is 13.2 Å². The van der Waals surface area contributed by atoms with Crippen LogP contribution in [0.25, 0.3) is 0 Å². The zero-order valence-electron chi connectivity index (χ0n) is 12.9. The van der Waals surface area contributed by atoms with Gasteiger partial charge in [0.1, 0.15) is 5.75 Å². The number of hydrogen-bond acceptors (Lipinski definition) is 3. The van der Waals surface area contributed by atoms with Crippen LogP contribution >= 0.6 is 11.6 Å². The molecule has 0 N–H and O–H groups in total. The van der Waals surface area contributed by atoms with E-state index in [0.29, 0.717) is 35.6 Å². The summed E-state index contributed by atoms with van der Waals surface area (Å²) in [5.41, 5.74) is 0. The van der Waals surface area contributed by atoms with E-state index in [1.54, 1.807) is 31.3 Å². The molecule has 0 aliphatic rings. The van der Waals surface area contributed by atoms with Gasteiger partial charge in [0.2, 0.25) is 10.0 Å². The van der Waals surface area contributed by atoms with Crippen LogP contribution in [0, 0.1) is 5.92 Å². The highest BCUT2D eigenvalue weighted by Crippen LogP contribution is 2.19. The summed E-state index contributed by atoms with van der Waals surface area (Å²) in [5.74, 6) is 1.68. The van der Waals surface area contributed by atoms with Crippen molar-refractivity contribution in [1.82, 2.24) is 4.31 Å². The van der Waals surface area contributed by atoms with E-state index in [2.05, 4.69) is 13.8 Å². The summed E-state index contributed by atoms with van der Waals surface area (Å²) in [4.78, 5) is 0.290. The Bertz CT molecular complexity index is 514. The number of halogens is 1. The fraction of sp³-hybridized carbons (Fsp3) is 0.600. The first-order valence-electron chi connectivity index (χ1n) is 7.13. The monoisotopic (exact) mass is 333 g/mol. The van der Waals surface area contributed by atoms with Gasteiger partial charge in [-0.25, -0.2) is 12.7 Å². The summed E-state index contributed by atoms with van der Waals surface area (Å²) in [5, 5.41) is 0. The molecule has 0 radical (unpaired) electrons. The highest BCUT2D eigenvalue weighted by Gasteiger charge is 2.20. The van der Waals surface area contributed by atoms with E-state index >= 15 is 0 Å². The third-order valence-corrected chi connectivity index (χ3v) is 5.24. The third kappa shape index (κ3) is 5.85. The first-order valence-corrected chi connectivity index (χ1v) is 9.10. The van der Waals surface area contributed by atoms with Crippen LogP contribution in [0.5, 0.6) is 5.75 Å². The minimum Gasteiger partial charge on any atom is -0.494 e. The first kappa shape index (κ1) is 18.3. The van der Waals surface area contributed by atoms with Crippen molar-refractivity contribution in [2.45, 2.75) is 31.6 Å². The van der Waals surface area contributed by atoms with Gasteiger partial charge in [-0.1, -0.05) is 13.8 Å². The summed E-state index contributed by atoms with van der Waals surface area (Å²) >= 11 is 5.57. The molecule has 1 aromatic rings. The van der Waals surface area contributed by atoms with Crippen molar-refractivity contribution in [2.75, 3.05) is 26.1 Å². The molecule has 6 heteroatoms. The van der Waals surface area contributed by atoms with E-state index in [1.807, 2.05) is 0 Å². The van der Waals surface area contributed by atoms with Crippen molar-refractivity contribution in [3.63, 3.8) is 0 Å². The molecule has 0 heterocycles. The van der Waals surface area contributed by atoms with Crippen LogP contribution in [0.4, 0.5) is 0 Å². The van der Waals surface area contributed by atoms with Gasteiger partial charge in [-0.15, -0.1) is 11.6 Å². The van der Waals surface area contributed by atoms with E-state index < -0.39 is 10.0 Å². The van der Waals surface area contributed by atoms with Crippen LogP contribution in [-0.2, 0) is 10.0 Å². The standard InChI is InChI=1S/C15H24ClNO3S/c1-13(2)9-11-17(3)21(18,19)15-7-5-14(6-8-15)20-12-4-10-16/h5-8,13H,4,9-12H2,1-3H3. The van der Waals surface area contributed by atoms with Crippen LogP contribution in [0.3, 0.4) is 0 Å². The van der Waals surface area contributed by atoms with Gasteiger partial charge in [0.05, 0.1) is 11.5 Å². The molecular weight excluding hydrogens is 310 g/mol. The number of nitrogens with zero attached hydrogens (tertiary/aromatic N) is 1. The molecule has 120 valence electrons. The van der Waals surface area contributed by atoms with Gasteiger partial charge < -0.3 is 4.74 Å². The molecule has 1 aromatic carbocycles. The Hall–Kier alpha value is -0.780. The normalized spacial score (nSPS) is 12.1. The van der Waals surface area contributed by atoms with Crippen LogP contribution in [-0.4, -0.2) is 38.8 Å². The molecule has 0 saturated heterocycles. The van der Waals surface area contributed by atoms with Gasteiger partial charge in [0.15, 0.2) is 0 Å². The lowest BCUT2D eigenvalue weighted by Crippen LogP contribution is -2.28. The Balaban J connectivity index is 2.70. The Kier molecular flexibility index (Phi) is 7.49. The Morgan fingerprint density at radius 1 is 1.24 bits per heavy atom. The SMILES string of the molecule is CC(C)CCN(C)S(=O)(=O)c1ccc(OCCCCl)cc1. The van der Waals surface area contributed by atoms with Crippen molar-refractivity contribution in [2.24, 2.45) is 5.92 Å². The molecule has 0 aromatic heterocycles. The second kappa shape index (κ2) is 8.61. The number of alkyl halides is 1. The highest BCUT2D eigenvalue weighted by molar-refractivity contribution is 7.89. The Morgan fingerprint density at radius 3 is 2.38 bits per heavy atom. The molecule has 0 aliphatic carbocycles. The number of hydrogen-bond donors (Lipinski definition) is 0. The quantitative estimate of drug-likeness (QED) is 0.514. The van der Waals surface area contributed by atoms with Crippen LogP contribution in [0.15, 0.2) is 29.2 Å². The maximum atomic E-state index is 12.4. The predicted molar refractivity (Wildman–Crippen MR) is 86.5 cm³/mol. The molecule has 0 bridgehead atoms. The molecule has 0 saturated carbocycles. The van der Waals surface area contributed by atoms with E-state index in [9.17, 15) is 8.42 Å². The lowest BCUT2D eigenvalue weighted by atomic mass is 10.1. The van der Waals surface area contributed by atoms with Crippen molar-refractivity contribution in [3.8, 4) is 5.75 Å². The lowest BCUT2D eigenvalue weighted by molar-refractivity contribution is 0.318. The maximum absolute atomic E-state index is 12.4. The number of rotatable bonds is 9. The second-order valence-corrected chi connectivity index (χ2v) is 7.79.